The van der Waals surface area contributed by atoms with Gasteiger partial charge in [0.1, 0.15) is 5.82 Å². The summed E-state index contributed by atoms with van der Waals surface area (Å²) in [7, 11) is 0. The van der Waals surface area contributed by atoms with Gasteiger partial charge in [0.2, 0.25) is 0 Å². The van der Waals surface area contributed by atoms with Crippen molar-refractivity contribution in [2.45, 2.75) is 25.6 Å². The molecule has 1 aromatic rings. The van der Waals surface area contributed by atoms with E-state index in [0.29, 0.717) is 12.5 Å². The molecule has 0 aliphatic heterocycles. The van der Waals surface area contributed by atoms with E-state index in [1.54, 1.807) is 6.92 Å². The Bertz CT molecular complexity index is 423. The molecule has 2 N–H and O–H groups in total. The monoisotopic (exact) mass is 247 g/mol. The Labute approximate surface area is 96.9 Å². The highest BCUT2D eigenvalue weighted by Crippen LogP contribution is 2.31. The fourth-order valence-electron chi connectivity index (χ4n) is 1.49. The first-order chi connectivity index (χ1) is 7.71. The van der Waals surface area contributed by atoms with E-state index in [1.165, 1.54) is 0 Å². The highest BCUT2D eigenvalue weighted by molar-refractivity contribution is 5.29. The van der Waals surface area contributed by atoms with Gasteiger partial charge >= 0.3 is 6.18 Å². The van der Waals surface area contributed by atoms with Gasteiger partial charge in [-0.05, 0) is 25.5 Å². The molecular weight excluding hydrogens is 234 g/mol. The fourth-order valence-corrected chi connectivity index (χ4v) is 1.49. The van der Waals surface area contributed by atoms with Crippen molar-refractivity contribution in [1.82, 2.24) is 0 Å². The van der Waals surface area contributed by atoms with E-state index in [-0.39, 0.29) is 5.56 Å². The largest absolute Gasteiger partial charge is 0.416 e. The van der Waals surface area contributed by atoms with Crippen molar-refractivity contribution in [3.8, 4) is 0 Å². The standard InChI is InChI=1S/C12H13F4N/c1-7(2)5-11(17)9-4-3-8(6-10(9)13)12(14,15)16/h3-4,6,11H,1,5,17H2,2H3/t11-/m1/s1. The SMILES string of the molecule is C=C(C)C[C@@H](N)c1ccc(C(F)(F)F)cc1F. The van der Waals surface area contributed by atoms with Crippen LogP contribution in [-0.2, 0) is 6.18 Å². The van der Waals surface area contributed by atoms with E-state index in [2.05, 4.69) is 6.58 Å². The first-order valence-electron chi connectivity index (χ1n) is 4.98. The molecule has 0 unspecified atom stereocenters. The van der Waals surface area contributed by atoms with Crippen LogP contribution in [0.4, 0.5) is 17.6 Å². The summed E-state index contributed by atoms with van der Waals surface area (Å²) in [5.41, 5.74) is 5.48. The Morgan fingerprint density at radius 2 is 2.00 bits per heavy atom. The third kappa shape index (κ3) is 3.56. The maximum Gasteiger partial charge on any atom is 0.416 e. The molecule has 0 amide bonds. The van der Waals surface area contributed by atoms with Gasteiger partial charge < -0.3 is 5.73 Å². The molecule has 0 radical (unpaired) electrons. The number of rotatable bonds is 3. The molecule has 1 nitrogen and oxygen atoms in total. The second-order valence-electron chi connectivity index (χ2n) is 4.00. The third-order valence-corrected chi connectivity index (χ3v) is 2.30. The molecule has 0 fully saturated rings. The van der Waals surface area contributed by atoms with Crippen molar-refractivity contribution in [3.05, 3.63) is 47.3 Å². The summed E-state index contributed by atoms with van der Waals surface area (Å²) in [6.07, 6.45) is -4.21. The lowest BCUT2D eigenvalue weighted by atomic mass is 9.99. The minimum Gasteiger partial charge on any atom is -0.324 e. The predicted molar refractivity (Wildman–Crippen MR) is 57.8 cm³/mol. The van der Waals surface area contributed by atoms with Crippen molar-refractivity contribution in [2.75, 3.05) is 0 Å². The average molecular weight is 247 g/mol. The quantitative estimate of drug-likeness (QED) is 0.638. The molecule has 0 aliphatic carbocycles. The van der Waals surface area contributed by atoms with Crippen LogP contribution in [0.5, 0.6) is 0 Å². The molecule has 5 heteroatoms. The lowest BCUT2D eigenvalue weighted by Crippen LogP contribution is -2.14. The Hall–Kier alpha value is -1.36. The molecule has 94 valence electrons. The summed E-state index contributed by atoms with van der Waals surface area (Å²) in [5.74, 6) is -0.937. The van der Waals surface area contributed by atoms with Crippen LogP contribution in [0.1, 0.15) is 30.5 Å². The smallest absolute Gasteiger partial charge is 0.324 e. The Morgan fingerprint density at radius 3 is 2.41 bits per heavy atom. The normalized spacial score (nSPS) is 13.5. The number of benzene rings is 1. The molecule has 0 heterocycles. The molecule has 0 aromatic heterocycles. The molecule has 0 saturated heterocycles. The topological polar surface area (TPSA) is 26.0 Å². The van der Waals surface area contributed by atoms with E-state index in [0.717, 1.165) is 17.7 Å². The van der Waals surface area contributed by atoms with Crippen molar-refractivity contribution >= 4 is 0 Å². The molecule has 0 aliphatic rings. The zero-order chi connectivity index (χ0) is 13.2. The summed E-state index contributed by atoms with van der Waals surface area (Å²) in [6, 6.07) is 1.70. The number of hydrogen-bond donors (Lipinski definition) is 1. The van der Waals surface area contributed by atoms with Crippen LogP contribution < -0.4 is 5.73 Å². The lowest BCUT2D eigenvalue weighted by Gasteiger charge is -2.14. The van der Waals surface area contributed by atoms with Gasteiger partial charge in [0.25, 0.3) is 0 Å². The number of hydrogen-bond acceptors (Lipinski definition) is 1. The summed E-state index contributed by atoms with van der Waals surface area (Å²) in [4.78, 5) is 0. The van der Waals surface area contributed by atoms with Gasteiger partial charge in [-0.15, -0.1) is 6.58 Å². The molecule has 1 aromatic carbocycles. The van der Waals surface area contributed by atoms with Crippen LogP contribution in [0.2, 0.25) is 0 Å². The van der Waals surface area contributed by atoms with Gasteiger partial charge in [0.15, 0.2) is 0 Å². The number of alkyl halides is 3. The van der Waals surface area contributed by atoms with E-state index < -0.39 is 23.6 Å². The molecular formula is C12H13F4N. The van der Waals surface area contributed by atoms with Crippen LogP contribution in [-0.4, -0.2) is 0 Å². The van der Waals surface area contributed by atoms with Crippen LogP contribution in [0, 0.1) is 5.82 Å². The van der Waals surface area contributed by atoms with Gasteiger partial charge in [-0.2, -0.15) is 13.2 Å². The van der Waals surface area contributed by atoms with E-state index >= 15 is 0 Å². The summed E-state index contributed by atoms with van der Waals surface area (Å²) in [6.45, 7) is 5.35. The van der Waals surface area contributed by atoms with Crippen LogP contribution >= 0.6 is 0 Å². The minimum atomic E-state index is -4.54. The Kier molecular flexibility index (Phi) is 3.93. The van der Waals surface area contributed by atoms with Crippen molar-refractivity contribution < 1.29 is 17.6 Å². The third-order valence-electron chi connectivity index (χ3n) is 2.30. The lowest BCUT2D eigenvalue weighted by molar-refractivity contribution is -0.137. The zero-order valence-electron chi connectivity index (χ0n) is 9.31. The van der Waals surface area contributed by atoms with Gasteiger partial charge in [-0.25, -0.2) is 4.39 Å². The number of nitrogens with two attached hydrogens (primary N) is 1. The van der Waals surface area contributed by atoms with Crippen LogP contribution in [0.25, 0.3) is 0 Å². The minimum absolute atomic E-state index is 0.0704. The van der Waals surface area contributed by atoms with Crippen molar-refractivity contribution in [3.63, 3.8) is 0 Å². The molecule has 0 bridgehead atoms. The molecule has 1 rings (SSSR count). The van der Waals surface area contributed by atoms with Crippen LogP contribution in [0.3, 0.4) is 0 Å². The number of halogens is 4. The zero-order valence-corrected chi connectivity index (χ0v) is 9.31. The molecule has 1 atom stereocenters. The molecule has 0 saturated carbocycles. The maximum absolute atomic E-state index is 13.5. The summed E-state index contributed by atoms with van der Waals surface area (Å²) in [5, 5.41) is 0. The summed E-state index contributed by atoms with van der Waals surface area (Å²) >= 11 is 0. The van der Waals surface area contributed by atoms with Gasteiger partial charge in [-0.3, -0.25) is 0 Å². The van der Waals surface area contributed by atoms with Crippen LogP contribution in [0.15, 0.2) is 30.4 Å². The van der Waals surface area contributed by atoms with Crippen molar-refractivity contribution in [1.29, 1.82) is 0 Å². The fraction of sp³-hybridized carbons (Fsp3) is 0.333. The summed E-state index contributed by atoms with van der Waals surface area (Å²) < 4.78 is 50.4. The Balaban J connectivity index is 3.02. The van der Waals surface area contributed by atoms with Crippen molar-refractivity contribution in [2.24, 2.45) is 5.73 Å². The first-order valence-corrected chi connectivity index (χ1v) is 4.98. The van der Waals surface area contributed by atoms with Gasteiger partial charge in [0, 0.05) is 11.6 Å². The molecule has 0 spiro atoms. The van der Waals surface area contributed by atoms with E-state index in [9.17, 15) is 17.6 Å². The van der Waals surface area contributed by atoms with E-state index in [4.69, 9.17) is 5.73 Å². The second-order valence-corrected chi connectivity index (χ2v) is 4.00. The average Bonchev–Trinajstić information content (AvgIpc) is 2.14. The maximum atomic E-state index is 13.5. The second kappa shape index (κ2) is 4.87. The predicted octanol–water partition coefficient (Wildman–Crippen LogP) is 3.81. The molecule has 17 heavy (non-hydrogen) atoms. The highest BCUT2D eigenvalue weighted by Gasteiger charge is 2.31. The Morgan fingerprint density at radius 1 is 1.41 bits per heavy atom. The highest BCUT2D eigenvalue weighted by atomic mass is 19.4. The first kappa shape index (κ1) is 13.7. The van der Waals surface area contributed by atoms with E-state index in [1.807, 2.05) is 0 Å². The van der Waals surface area contributed by atoms with Gasteiger partial charge in [0.05, 0.1) is 5.56 Å². The van der Waals surface area contributed by atoms with Gasteiger partial charge in [-0.1, -0.05) is 11.6 Å².